The third kappa shape index (κ3) is 4.74. The molecule has 2 N–H and O–H groups in total. The Bertz CT molecular complexity index is 645. The molecule has 22 heavy (non-hydrogen) atoms. The fourth-order valence-corrected chi connectivity index (χ4v) is 3.14. The van der Waals surface area contributed by atoms with Crippen molar-refractivity contribution in [3.8, 4) is 5.75 Å². The zero-order valence-electron chi connectivity index (χ0n) is 12.0. The van der Waals surface area contributed by atoms with E-state index in [1.807, 2.05) is 24.3 Å². The molecule has 0 atom stereocenters. The first-order valence-corrected chi connectivity index (χ1v) is 8.27. The molecule has 0 saturated carbocycles. The van der Waals surface area contributed by atoms with Crippen LogP contribution in [0, 0.1) is 0 Å². The lowest BCUT2D eigenvalue weighted by Gasteiger charge is -2.07. The first-order chi connectivity index (χ1) is 10.7. The van der Waals surface area contributed by atoms with Crippen molar-refractivity contribution in [2.45, 2.75) is 4.34 Å². The van der Waals surface area contributed by atoms with Crippen LogP contribution in [-0.4, -0.2) is 35.5 Å². The zero-order valence-corrected chi connectivity index (χ0v) is 13.7. The predicted molar refractivity (Wildman–Crippen MR) is 90.1 cm³/mol. The van der Waals surface area contributed by atoms with Crippen LogP contribution in [-0.2, 0) is 4.79 Å². The largest absolute Gasteiger partial charge is 0.495 e. The molecular formula is C14H16N4O2S2. The van der Waals surface area contributed by atoms with Crippen LogP contribution in [0.3, 0.4) is 0 Å². The van der Waals surface area contributed by atoms with E-state index in [1.165, 1.54) is 23.1 Å². The molecule has 1 heterocycles. The van der Waals surface area contributed by atoms with Crippen LogP contribution in [0.15, 0.2) is 41.3 Å². The number of carbonyl (C=O) groups is 1. The number of ether oxygens (including phenoxy) is 1. The smallest absolute Gasteiger partial charge is 0.230 e. The molecular weight excluding hydrogens is 320 g/mol. The number of rotatable bonds is 8. The van der Waals surface area contributed by atoms with E-state index in [4.69, 9.17) is 4.74 Å². The summed E-state index contributed by atoms with van der Waals surface area (Å²) in [5.74, 6) is 0.979. The van der Waals surface area contributed by atoms with Crippen LogP contribution in [0.25, 0.3) is 0 Å². The van der Waals surface area contributed by atoms with Crippen LogP contribution in [0.5, 0.6) is 5.75 Å². The van der Waals surface area contributed by atoms with E-state index in [2.05, 4.69) is 27.4 Å². The molecule has 0 aliphatic heterocycles. The molecule has 1 amide bonds. The van der Waals surface area contributed by atoms with Gasteiger partial charge in [0.2, 0.25) is 11.0 Å². The molecule has 2 aromatic rings. The monoisotopic (exact) mass is 336 g/mol. The Balaban J connectivity index is 1.91. The summed E-state index contributed by atoms with van der Waals surface area (Å²) in [6.07, 6.45) is 1.64. The SMILES string of the molecule is C=CCNC(=O)CSc1nnc(Nc2ccccc2OC)s1. The van der Waals surface area contributed by atoms with Gasteiger partial charge in [-0.2, -0.15) is 0 Å². The molecule has 8 heteroatoms. The maximum atomic E-state index is 11.5. The molecule has 2 rings (SSSR count). The highest BCUT2D eigenvalue weighted by atomic mass is 32.2. The molecule has 0 aliphatic rings. The van der Waals surface area contributed by atoms with Gasteiger partial charge in [0.05, 0.1) is 18.6 Å². The van der Waals surface area contributed by atoms with E-state index in [0.29, 0.717) is 17.4 Å². The topological polar surface area (TPSA) is 76.1 Å². The standard InChI is InChI=1S/C14H16N4O2S2/c1-3-8-15-12(19)9-21-14-18-17-13(22-14)16-10-6-4-5-7-11(10)20-2/h3-7H,1,8-9H2,2H3,(H,15,19)(H,16,17). The van der Waals surface area contributed by atoms with E-state index in [-0.39, 0.29) is 5.91 Å². The Labute approximate surface area is 137 Å². The second-order valence-corrected chi connectivity index (χ2v) is 6.28. The van der Waals surface area contributed by atoms with E-state index in [1.54, 1.807) is 13.2 Å². The summed E-state index contributed by atoms with van der Waals surface area (Å²) in [5, 5.41) is 14.6. The number of hydrogen-bond acceptors (Lipinski definition) is 7. The van der Waals surface area contributed by atoms with Crippen LogP contribution >= 0.6 is 23.1 Å². The first-order valence-electron chi connectivity index (χ1n) is 6.47. The highest BCUT2D eigenvalue weighted by Crippen LogP contribution is 2.31. The van der Waals surface area contributed by atoms with E-state index in [9.17, 15) is 4.79 Å². The Hall–Kier alpha value is -2.06. The van der Waals surface area contributed by atoms with Crippen molar-refractivity contribution in [1.82, 2.24) is 15.5 Å². The van der Waals surface area contributed by atoms with Crippen molar-refractivity contribution in [2.24, 2.45) is 0 Å². The van der Waals surface area contributed by atoms with Gasteiger partial charge >= 0.3 is 0 Å². The van der Waals surface area contributed by atoms with Crippen molar-refractivity contribution in [2.75, 3.05) is 24.7 Å². The van der Waals surface area contributed by atoms with Crippen molar-refractivity contribution >= 4 is 39.8 Å². The minimum absolute atomic E-state index is 0.0562. The molecule has 0 bridgehead atoms. The number of anilines is 2. The van der Waals surface area contributed by atoms with E-state index in [0.717, 1.165) is 15.8 Å². The van der Waals surface area contributed by atoms with Gasteiger partial charge in [0.15, 0.2) is 4.34 Å². The highest BCUT2D eigenvalue weighted by molar-refractivity contribution is 8.01. The number of thioether (sulfide) groups is 1. The number of nitrogens with zero attached hydrogens (tertiary/aromatic N) is 2. The lowest BCUT2D eigenvalue weighted by molar-refractivity contribution is -0.118. The molecule has 0 aliphatic carbocycles. The van der Waals surface area contributed by atoms with Crippen LogP contribution < -0.4 is 15.4 Å². The fourth-order valence-electron chi connectivity index (χ4n) is 1.55. The number of amides is 1. The van der Waals surface area contributed by atoms with E-state index >= 15 is 0 Å². The van der Waals surface area contributed by atoms with Crippen LogP contribution in [0.4, 0.5) is 10.8 Å². The predicted octanol–water partition coefficient (Wildman–Crippen LogP) is 2.68. The quantitative estimate of drug-likeness (QED) is 0.570. The first kappa shape index (κ1) is 16.3. The zero-order chi connectivity index (χ0) is 15.8. The molecule has 1 aromatic carbocycles. The van der Waals surface area contributed by atoms with Gasteiger partial charge in [0.1, 0.15) is 5.75 Å². The molecule has 0 fully saturated rings. The summed E-state index contributed by atoms with van der Waals surface area (Å²) in [4.78, 5) is 11.5. The number of para-hydroxylation sites is 2. The van der Waals surface area contributed by atoms with Gasteiger partial charge in [-0.3, -0.25) is 4.79 Å². The van der Waals surface area contributed by atoms with Gasteiger partial charge in [-0.15, -0.1) is 16.8 Å². The summed E-state index contributed by atoms with van der Waals surface area (Å²) in [6, 6.07) is 7.57. The fraction of sp³-hybridized carbons (Fsp3) is 0.214. The van der Waals surface area contributed by atoms with Crippen molar-refractivity contribution in [3.05, 3.63) is 36.9 Å². The molecule has 6 nitrogen and oxygen atoms in total. The number of nitrogens with one attached hydrogen (secondary N) is 2. The molecule has 0 saturated heterocycles. The third-order valence-electron chi connectivity index (χ3n) is 2.53. The summed E-state index contributed by atoms with van der Waals surface area (Å²) < 4.78 is 6.00. The van der Waals surface area contributed by atoms with Gasteiger partial charge < -0.3 is 15.4 Å². The highest BCUT2D eigenvalue weighted by Gasteiger charge is 2.09. The number of methoxy groups -OCH3 is 1. The second-order valence-electron chi connectivity index (χ2n) is 4.08. The number of aromatic nitrogens is 2. The Morgan fingerprint density at radius 3 is 3.05 bits per heavy atom. The van der Waals surface area contributed by atoms with Crippen molar-refractivity contribution in [3.63, 3.8) is 0 Å². The minimum atomic E-state index is -0.0562. The van der Waals surface area contributed by atoms with Gasteiger partial charge in [0.25, 0.3) is 0 Å². The van der Waals surface area contributed by atoms with Crippen molar-refractivity contribution < 1.29 is 9.53 Å². The average molecular weight is 336 g/mol. The minimum Gasteiger partial charge on any atom is -0.495 e. The number of benzene rings is 1. The summed E-state index contributed by atoms with van der Waals surface area (Å²) >= 11 is 2.73. The number of hydrogen-bond donors (Lipinski definition) is 2. The van der Waals surface area contributed by atoms with Gasteiger partial charge in [0, 0.05) is 6.54 Å². The van der Waals surface area contributed by atoms with Gasteiger partial charge in [-0.05, 0) is 12.1 Å². The Kier molecular flexibility index (Phi) is 6.23. The normalized spacial score (nSPS) is 10.0. The lowest BCUT2D eigenvalue weighted by atomic mass is 10.3. The van der Waals surface area contributed by atoms with Gasteiger partial charge in [-0.1, -0.05) is 41.3 Å². The maximum Gasteiger partial charge on any atom is 0.230 e. The van der Waals surface area contributed by atoms with Gasteiger partial charge in [-0.25, -0.2) is 0 Å². The molecule has 0 spiro atoms. The molecule has 0 radical (unpaired) electrons. The van der Waals surface area contributed by atoms with Crippen LogP contribution in [0.2, 0.25) is 0 Å². The van der Waals surface area contributed by atoms with Crippen LogP contribution in [0.1, 0.15) is 0 Å². The summed E-state index contributed by atoms with van der Waals surface area (Å²) in [7, 11) is 1.61. The Morgan fingerprint density at radius 1 is 1.45 bits per heavy atom. The molecule has 1 aromatic heterocycles. The maximum absolute atomic E-state index is 11.5. The third-order valence-corrected chi connectivity index (χ3v) is 4.50. The lowest BCUT2D eigenvalue weighted by Crippen LogP contribution is -2.24. The Morgan fingerprint density at radius 2 is 2.27 bits per heavy atom. The second kappa shape index (κ2) is 8.40. The van der Waals surface area contributed by atoms with E-state index < -0.39 is 0 Å². The summed E-state index contributed by atoms with van der Waals surface area (Å²) in [5.41, 5.74) is 0.821. The summed E-state index contributed by atoms with van der Waals surface area (Å²) in [6.45, 7) is 4.02. The molecule has 0 unspecified atom stereocenters. The van der Waals surface area contributed by atoms with Crippen molar-refractivity contribution in [1.29, 1.82) is 0 Å². The number of carbonyl (C=O) groups excluding carboxylic acids is 1. The molecule has 116 valence electrons. The average Bonchev–Trinajstić information content (AvgIpc) is 2.99.